The molecule has 0 aliphatic rings. The summed E-state index contributed by atoms with van der Waals surface area (Å²) in [4.78, 5) is 15.8. The SMILES string of the molecule is O=C(Nc1cccn2ncnc12)c1csnn1. The minimum atomic E-state index is -0.310. The summed E-state index contributed by atoms with van der Waals surface area (Å²) in [5.74, 6) is -0.310. The number of anilines is 1. The van der Waals surface area contributed by atoms with Crippen LogP contribution in [-0.4, -0.2) is 30.1 Å². The van der Waals surface area contributed by atoms with Gasteiger partial charge in [0.1, 0.15) is 6.33 Å². The normalized spacial score (nSPS) is 10.6. The summed E-state index contributed by atoms with van der Waals surface area (Å²) in [6.45, 7) is 0. The summed E-state index contributed by atoms with van der Waals surface area (Å²) in [7, 11) is 0. The monoisotopic (exact) mass is 246 g/mol. The first-order valence-corrected chi connectivity index (χ1v) is 5.55. The lowest BCUT2D eigenvalue weighted by Gasteiger charge is -2.03. The van der Waals surface area contributed by atoms with E-state index in [0.29, 0.717) is 11.3 Å². The molecule has 17 heavy (non-hydrogen) atoms. The van der Waals surface area contributed by atoms with Crippen LogP contribution in [0.2, 0.25) is 0 Å². The molecule has 1 amide bonds. The van der Waals surface area contributed by atoms with Crippen molar-refractivity contribution in [3.05, 3.63) is 35.7 Å². The third-order valence-corrected chi connectivity index (χ3v) is 2.65. The molecule has 1 N–H and O–H groups in total. The van der Waals surface area contributed by atoms with Crippen LogP contribution in [0.1, 0.15) is 10.5 Å². The van der Waals surface area contributed by atoms with Crippen molar-refractivity contribution in [2.24, 2.45) is 0 Å². The molecule has 0 atom stereocenters. The summed E-state index contributed by atoms with van der Waals surface area (Å²) < 4.78 is 5.21. The summed E-state index contributed by atoms with van der Waals surface area (Å²) >= 11 is 1.13. The molecule has 7 nitrogen and oxygen atoms in total. The highest BCUT2D eigenvalue weighted by molar-refractivity contribution is 7.03. The maximum absolute atomic E-state index is 11.8. The van der Waals surface area contributed by atoms with E-state index in [0.717, 1.165) is 11.5 Å². The number of rotatable bonds is 2. The topological polar surface area (TPSA) is 85.1 Å². The third kappa shape index (κ3) is 1.74. The van der Waals surface area contributed by atoms with Crippen LogP contribution in [0.25, 0.3) is 5.65 Å². The first-order chi connectivity index (χ1) is 8.34. The first-order valence-electron chi connectivity index (χ1n) is 4.71. The standard InChI is InChI=1S/C9H6N6OS/c16-9(7-4-17-14-13-7)12-6-2-1-3-15-8(6)10-5-11-15/h1-5H,(H,12,16). The number of hydrogen-bond donors (Lipinski definition) is 1. The van der Waals surface area contributed by atoms with Crippen molar-refractivity contribution >= 4 is 28.8 Å². The van der Waals surface area contributed by atoms with E-state index in [2.05, 4.69) is 25.0 Å². The van der Waals surface area contributed by atoms with Gasteiger partial charge < -0.3 is 5.32 Å². The summed E-state index contributed by atoms with van der Waals surface area (Å²) in [6, 6.07) is 3.53. The van der Waals surface area contributed by atoms with Crippen LogP contribution < -0.4 is 5.32 Å². The lowest BCUT2D eigenvalue weighted by molar-refractivity contribution is 0.102. The number of fused-ring (bicyclic) bond motifs is 1. The van der Waals surface area contributed by atoms with Crippen LogP contribution >= 0.6 is 11.5 Å². The highest BCUT2D eigenvalue weighted by atomic mass is 32.1. The molecule has 0 spiro atoms. The third-order valence-electron chi connectivity index (χ3n) is 2.15. The summed E-state index contributed by atoms with van der Waals surface area (Å²) in [5.41, 5.74) is 1.46. The second-order valence-electron chi connectivity index (χ2n) is 3.19. The van der Waals surface area contributed by atoms with Gasteiger partial charge >= 0.3 is 0 Å². The van der Waals surface area contributed by atoms with Crippen LogP contribution in [0, 0.1) is 0 Å². The fourth-order valence-electron chi connectivity index (χ4n) is 1.39. The number of hydrogen-bond acceptors (Lipinski definition) is 6. The molecule has 3 heterocycles. The van der Waals surface area contributed by atoms with Gasteiger partial charge in [-0.1, -0.05) is 4.49 Å². The molecule has 0 aliphatic carbocycles. The molecule has 0 aliphatic heterocycles. The molecule has 84 valence electrons. The Balaban J connectivity index is 1.95. The van der Waals surface area contributed by atoms with Gasteiger partial charge in [-0.15, -0.1) is 5.10 Å². The van der Waals surface area contributed by atoms with Crippen LogP contribution in [0.5, 0.6) is 0 Å². The van der Waals surface area contributed by atoms with Crippen molar-refractivity contribution in [2.75, 3.05) is 5.32 Å². The van der Waals surface area contributed by atoms with Crippen molar-refractivity contribution in [2.45, 2.75) is 0 Å². The van der Waals surface area contributed by atoms with E-state index in [-0.39, 0.29) is 11.6 Å². The van der Waals surface area contributed by atoms with Gasteiger partial charge in [0, 0.05) is 11.6 Å². The maximum atomic E-state index is 11.8. The zero-order valence-electron chi connectivity index (χ0n) is 8.44. The fourth-order valence-corrected chi connectivity index (χ4v) is 1.83. The van der Waals surface area contributed by atoms with Gasteiger partial charge in [-0.2, -0.15) is 5.10 Å². The van der Waals surface area contributed by atoms with Crippen molar-refractivity contribution in [3.8, 4) is 0 Å². The Hall–Kier alpha value is -2.35. The predicted molar refractivity (Wildman–Crippen MR) is 60.8 cm³/mol. The molecule has 8 heteroatoms. The van der Waals surface area contributed by atoms with E-state index < -0.39 is 0 Å². The molecule has 3 aromatic rings. The Bertz CT molecular complexity index is 661. The van der Waals surface area contributed by atoms with E-state index in [9.17, 15) is 4.79 Å². The zero-order valence-corrected chi connectivity index (χ0v) is 9.26. The maximum Gasteiger partial charge on any atom is 0.277 e. The van der Waals surface area contributed by atoms with Crippen molar-refractivity contribution in [3.63, 3.8) is 0 Å². The average Bonchev–Trinajstić information content (AvgIpc) is 3.00. The number of pyridine rings is 1. The molecule has 3 rings (SSSR count). The summed E-state index contributed by atoms with van der Waals surface area (Å²) in [5, 5.41) is 12.0. The Morgan fingerprint density at radius 3 is 3.24 bits per heavy atom. The second kappa shape index (κ2) is 3.91. The second-order valence-corrected chi connectivity index (χ2v) is 3.80. The number of aromatic nitrogens is 5. The van der Waals surface area contributed by atoms with Gasteiger partial charge in [0.2, 0.25) is 0 Å². The fraction of sp³-hybridized carbons (Fsp3) is 0. The number of carbonyl (C=O) groups is 1. The molecule has 0 aromatic carbocycles. The van der Waals surface area contributed by atoms with Crippen molar-refractivity contribution < 1.29 is 4.79 Å². The molecule has 0 bridgehead atoms. The highest BCUT2D eigenvalue weighted by Gasteiger charge is 2.11. The van der Waals surface area contributed by atoms with E-state index in [1.54, 1.807) is 28.2 Å². The lowest BCUT2D eigenvalue weighted by atomic mass is 10.3. The minimum Gasteiger partial charge on any atom is -0.317 e. The summed E-state index contributed by atoms with van der Waals surface area (Å²) in [6.07, 6.45) is 3.18. The Morgan fingerprint density at radius 1 is 1.47 bits per heavy atom. The Morgan fingerprint density at radius 2 is 2.41 bits per heavy atom. The van der Waals surface area contributed by atoms with Gasteiger partial charge in [0.15, 0.2) is 11.3 Å². The minimum absolute atomic E-state index is 0.288. The van der Waals surface area contributed by atoms with E-state index in [1.807, 2.05) is 0 Å². The number of carbonyl (C=O) groups excluding carboxylic acids is 1. The Kier molecular flexibility index (Phi) is 2.26. The first kappa shape index (κ1) is 9.85. The van der Waals surface area contributed by atoms with Crippen LogP contribution in [0.15, 0.2) is 30.0 Å². The van der Waals surface area contributed by atoms with Crippen LogP contribution in [0.3, 0.4) is 0 Å². The van der Waals surface area contributed by atoms with Crippen LogP contribution in [0.4, 0.5) is 5.69 Å². The Labute approximate surface area is 99.3 Å². The quantitative estimate of drug-likeness (QED) is 0.724. The van der Waals surface area contributed by atoms with Crippen molar-refractivity contribution in [1.29, 1.82) is 0 Å². The molecule has 0 fully saturated rings. The van der Waals surface area contributed by atoms with Crippen molar-refractivity contribution in [1.82, 2.24) is 24.2 Å². The highest BCUT2D eigenvalue weighted by Crippen LogP contribution is 2.14. The molecular formula is C9H6N6OS. The molecule has 3 aromatic heterocycles. The van der Waals surface area contributed by atoms with Gasteiger partial charge in [-0.25, -0.2) is 9.50 Å². The molecule has 0 saturated heterocycles. The largest absolute Gasteiger partial charge is 0.317 e. The smallest absolute Gasteiger partial charge is 0.277 e. The van der Waals surface area contributed by atoms with Gasteiger partial charge in [-0.05, 0) is 23.7 Å². The number of amides is 1. The molecule has 0 saturated carbocycles. The van der Waals surface area contributed by atoms with Crippen LogP contribution in [-0.2, 0) is 0 Å². The van der Waals surface area contributed by atoms with Gasteiger partial charge in [-0.3, -0.25) is 4.79 Å². The predicted octanol–water partition coefficient (Wildman–Crippen LogP) is 0.833. The molecule has 0 unspecified atom stereocenters. The van der Waals surface area contributed by atoms with E-state index in [1.165, 1.54) is 6.33 Å². The van der Waals surface area contributed by atoms with E-state index >= 15 is 0 Å². The van der Waals surface area contributed by atoms with E-state index in [4.69, 9.17) is 0 Å². The number of nitrogens with zero attached hydrogens (tertiary/aromatic N) is 5. The van der Waals surface area contributed by atoms with Gasteiger partial charge in [0.25, 0.3) is 5.91 Å². The number of nitrogens with one attached hydrogen (secondary N) is 1. The van der Waals surface area contributed by atoms with Gasteiger partial charge in [0.05, 0.1) is 5.69 Å². The zero-order chi connectivity index (χ0) is 11.7. The molecular weight excluding hydrogens is 240 g/mol. The average molecular weight is 246 g/mol. The lowest BCUT2D eigenvalue weighted by Crippen LogP contribution is -2.13. The molecule has 0 radical (unpaired) electrons.